The highest BCUT2D eigenvalue weighted by molar-refractivity contribution is 7.17. The Kier molecular flexibility index (Phi) is 5.36. The van der Waals surface area contributed by atoms with Crippen molar-refractivity contribution in [2.75, 3.05) is 26.1 Å². The molecule has 8 nitrogen and oxygen atoms in total. The lowest BCUT2D eigenvalue weighted by Crippen LogP contribution is -2.38. The van der Waals surface area contributed by atoms with Crippen LogP contribution in [0.1, 0.15) is 10.6 Å². The highest BCUT2D eigenvalue weighted by Gasteiger charge is 2.27. The number of thiazole rings is 1. The normalized spacial score (nSPS) is 13.2. The van der Waals surface area contributed by atoms with Crippen LogP contribution in [0.15, 0.2) is 42.5 Å². The van der Waals surface area contributed by atoms with E-state index in [4.69, 9.17) is 21.1 Å². The largest absolute Gasteiger partial charge is 0.497 e. The zero-order chi connectivity index (χ0) is 22.2. The molecule has 0 saturated heterocycles. The molecule has 0 unspecified atom stereocenters. The summed E-state index contributed by atoms with van der Waals surface area (Å²) < 4.78 is 12.5. The van der Waals surface area contributed by atoms with Crippen LogP contribution in [0.5, 0.6) is 11.5 Å². The van der Waals surface area contributed by atoms with Crippen LogP contribution in [0.4, 0.5) is 10.5 Å². The molecule has 1 aliphatic rings. The van der Waals surface area contributed by atoms with Crippen molar-refractivity contribution >= 4 is 39.6 Å². The number of nitrogens with zero attached hydrogens (tertiary/aromatic N) is 4. The first-order chi connectivity index (χ1) is 15.6. The molecule has 0 spiro atoms. The molecule has 0 saturated carbocycles. The van der Waals surface area contributed by atoms with Gasteiger partial charge in [0.15, 0.2) is 5.82 Å². The van der Waals surface area contributed by atoms with E-state index in [2.05, 4.69) is 15.4 Å². The quantitative estimate of drug-likeness (QED) is 0.467. The van der Waals surface area contributed by atoms with E-state index in [9.17, 15) is 4.79 Å². The molecule has 0 atom stereocenters. The number of anilines is 1. The number of urea groups is 1. The van der Waals surface area contributed by atoms with E-state index >= 15 is 0 Å². The summed E-state index contributed by atoms with van der Waals surface area (Å²) in [5.41, 5.74) is 2.62. The number of methoxy groups -OCH3 is 2. The van der Waals surface area contributed by atoms with Crippen LogP contribution in [0, 0.1) is 0 Å². The second kappa shape index (κ2) is 8.33. The minimum atomic E-state index is -0.181. The SMILES string of the molecule is COc1ccc(NC(=O)N2CCc3c(sc4nc(-c5ccc(Cl)cc5)nn34)C2)c(OC)c1. The molecular weight excluding hydrogens is 450 g/mol. The zero-order valence-electron chi connectivity index (χ0n) is 17.5. The summed E-state index contributed by atoms with van der Waals surface area (Å²) in [5.74, 6) is 1.88. The van der Waals surface area contributed by atoms with E-state index in [1.54, 1.807) is 48.7 Å². The minimum absolute atomic E-state index is 0.181. The van der Waals surface area contributed by atoms with E-state index in [1.807, 2.05) is 28.8 Å². The van der Waals surface area contributed by atoms with Gasteiger partial charge in [0.25, 0.3) is 0 Å². The molecule has 2 aromatic heterocycles. The Labute approximate surface area is 193 Å². The van der Waals surface area contributed by atoms with Crippen molar-refractivity contribution in [2.24, 2.45) is 0 Å². The molecule has 1 N–H and O–H groups in total. The van der Waals surface area contributed by atoms with Gasteiger partial charge in [0.1, 0.15) is 11.5 Å². The van der Waals surface area contributed by atoms with Gasteiger partial charge < -0.3 is 19.7 Å². The van der Waals surface area contributed by atoms with Gasteiger partial charge in [0.05, 0.1) is 32.1 Å². The Bertz CT molecular complexity index is 1300. The average molecular weight is 470 g/mol. The molecule has 0 fully saturated rings. The maximum atomic E-state index is 12.9. The third-order valence-corrected chi connectivity index (χ3v) is 6.67. The summed E-state index contributed by atoms with van der Waals surface area (Å²) in [6, 6.07) is 12.6. The average Bonchev–Trinajstić information content (AvgIpc) is 3.37. The molecule has 2 amide bonds. The molecule has 3 heterocycles. The second-order valence-corrected chi connectivity index (χ2v) is 8.78. The van der Waals surface area contributed by atoms with Crippen molar-refractivity contribution in [3.05, 3.63) is 58.1 Å². The van der Waals surface area contributed by atoms with Crippen molar-refractivity contribution in [3.8, 4) is 22.9 Å². The van der Waals surface area contributed by atoms with Crippen LogP contribution in [-0.4, -0.2) is 46.3 Å². The smallest absolute Gasteiger partial charge is 0.322 e. The number of ether oxygens (including phenoxy) is 2. The van der Waals surface area contributed by atoms with Gasteiger partial charge in [0, 0.05) is 34.5 Å². The number of rotatable bonds is 4. The Morgan fingerprint density at radius 3 is 2.72 bits per heavy atom. The summed E-state index contributed by atoms with van der Waals surface area (Å²) in [7, 11) is 3.15. The highest BCUT2D eigenvalue weighted by atomic mass is 35.5. The van der Waals surface area contributed by atoms with E-state index < -0.39 is 0 Å². The summed E-state index contributed by atoms with van der Waals surface area (Å²) >= 11 is 7.54. The summed E-state index contributed by atoms with van der Waals surface area (Å²) in [5, 5.41) is 8.30. The maximum Gasteiger partial charge on any atom is 0.322 e. The predicted molar refractivity (Wildman–Crippen MR) is 124 cm³/mol. The van der Waals surface area contributed by atoms with Gasteiger partial charge in [-0.1, -0.05) is 22.9 Å². The first kappa shape index (κ1) is 20.6. The zero-order valence-corrected chi connectivity index (χ0v) is 19.0. The number of carbonyl (C=O) groups is 1. The Balaban J connectivity index is 1.34. The van der Waals surface area contributed by atoms with Gasteiger partial charge in [0.2, 0.25) is 4.96 Å². The van der Waals surface area contributed by atoms with Gasteiger partial charge in [-0.05, 0) is 36.4 Å². The van der Waals surface area contributed by atoms with Crippen LogP contribution in [0.2, 0.25) is 5.02 Å². The van der Waals surface area contributed by atoms with Gasteiger partial charge in [-0.3, -0.25) is 0 Å². The number of benzene rings is 2. The Morgan fingerprint density at radius 1 is 1.16 bits per heavy atom. The Hall–Kier alpha value is -3.30. The number of hydrogen-bond acceptors (Lipinski definition) is 6. The van der Waals surface area contributed by atoms with E-state index in [-0.39, 0.29) is 6.03 Å². The lowest BCUT2D eigenvalue weighted by Gasteiger charge is -2.27. The molecular formula is C22H20ClN5O3S. The molecule has 32 heavy (non-hydrogen) atoms. The van der Waals surface area contributed by atoms with Crippen molar-refractivity contribution < 1.29 is 14.3 Å². The maximum absolute atomic E-state index is 12.9. The van der Waals surface area contributed by atoms with Crippen molar-refractivity contribution in [2.45, 2.75) is 13.0 Å². The highest BCUT2D eigenvalue weighted by Crippen LogP contribution is 2.32. The van der Waals surface area contributed by atoms with Crippen LogP contribution in [0.3, 0.4) is 0 Å². The summed E-state index contributed by atoms with van der Waals surface area (Å²) in [4.78, 5) is 21.3. The standard InChI is InChI=1S/C22H20ClN5O3S/c1-30-15-7-8-16(18(11-15)31-2)24-21(29)27-10-9-17-19(12-27)32-22-25-20(26-28(17)22)13-3-5-14(23)6-4-13/h3-8,11H,9-10,12H2,1-2H3,(H,24,29). The first-order valence-electron chi connectivity index (χ1n) is 9.97. The topological polar surface area (TPSA) is 81.0 Å². The van der Waals surface area contributed by atoms with Gasteiger partial charge in [-0.25, -0.2) is 9.31 Å². The molecule has 0 aliphatic carbocycles. The molecule has 10 heteroatoms. The van der Waals surface area contributed by atoms with Crippen molar-refractivity contribution in [3.63, 3.8) is 0 Å². The molecule has 0 radical (unpaired) electrons. The van der Waals surface area contributed by atoms with Crippen LogP contribution in [-0.2, 0) is 13.0 Å². The van der Waals surface area contributed by atoms with E-state index in [1.165, 1.54) is 0 Å². The lowest BCUT2D eigenvalue weighted by molar-refractivity contribution is 0.206. The molecule has 164 valence electrons. The third-order valence-electron chi connectivity index (χ3n) is 5.36. The number of halogens is 1. The summed E-state index contributed by atoms with van der Waals surface area (Å²) in [6.45, 7) is 1.09. The fourth-order valence-corrected chi connectivity index (χ4v) is 4.92. The van der Waals surface area contributed by atoms with E-state index in [0.717, 1.165) is 21.1 Å². The van der Waals surface area contributed by atoms with Gasteiger partial charge in [-0.15, -0.1) is 5.10 Å². The number of hydrogen-bond donors (Lipinski definition) is 1. The fraction of sp³-hybridized carbons (Fsp3) is 0.227. The number of amides is 2. The third kappa shape index (κ3) is 3.74. The number of carbonyl (C=O) groups excluding carboxylic acids is 1. The van der Waals surface area contributed by atoms with Crippen molar-refractivity contribution in [1.29, 1.82) is 0 Å². The van der Waals surface area contributed by atoms with Gasteiger partial charge >= 0.3 is 6.03 Å². The molecule has 1 aliphatic heterocycles. The second-order valence-electron chi connectivity index (χ2n) is 7.28. The van der Waals surface area contributed by atoms with E-state index in [0.29, 0.717) is 47.5 Å². The fourth-order valence-electron chi connectivity index (χ4n) is 3.68. The molecule has 2 aromatic carbocycles. The number of nitrogens with one attached hydrogen (secondary N) is 1. The molecule has 5 rings (SSSR count). The number of aromatic nitrogens is 3. The van der Waals surface area contributed by atoms with Crippen LogP contribution in [0.25, 0.3) is 16.3 Å². The summed E-state index contributed by atoms with van der Waals surface area (Å²) in [6.07, 6.45) is 0.700. The molecule has 4 aromatic rings. The monoisotopic (exact) mass is 469 g/mol. The Morgan fingerprint density at radius 2 is 1.97 bits per heavy atom. The minimum Gasteiger partial charge on any atom is -0.497 e. The van der Waals surface area contributed by atoms with Crippen molar-refractivity contribution in [1.82, 2.24) is 19.5 Å². The van der Waals surface area contributed by atoms with Gasteiger partial charge in [-0.2, -0.15) is 4.98 Å². The molecule has 0 bridgehead atoms. The van der Waals surface area contributed by atoms with Crippen LogP contribution >= 0.6 is 22.9 Å². The predicted octanol–water partition coefficient (Wildman–Crippen LogP) is 4.72. The van der Waals surface area contributed by atoms with Crippen LogP contribution < -0.4 is 14.8 Å². The number of fused-ring (bicyclic) bond motifs is 3. The lowest BCUT2D eigenvalue weighted by atomic mass is 10.2. The first-order valence-corrected chi connectivity index (χ1v) is 11.2.